The van der Waals surface area contributed by atoms with Crippen molar-refractivity contribution >= 4 is 5.91 Å². The SMILES string of the molecule is CCCCCCCCCCCC/C=C\CCCCCCCCC(O)C(=O)NC(COC1OC(CO)C(O)C(O)C1O)C(O)C(O)CCC/C=C/CC/C=C/CC/C=C/CCCCCCCCCCCCCCCCC. The van der Waals surface area contributed by atoms with Gasteiger partial charge in [-0.3, -0.25) is 4.79 Å². The Labute approximate surface area is 459 Å². The molecule has 0 spiro atoms. The molecule has 1 aliphatic rings. The fourth-order valence-corrected chi connectivity index (χ4v) is 9.94. The van der Waals surface area contributed by atoms with Gasteiger partial charge in [0.05, 0.1) is 25.4 Å². The van der Waals surface area contributed by atoms with E-state index in [-0.39, 0.29) is 12.8 Å². The smallest absolute Gasteiger partial charge is 0.249 e. The molecule has 0 bridgehead atoms. The van der Waals surface area contributed by atoms with E-state index >= 15 is 0 Å². The van der Waals surface area contributed by atoms with Crippen molar-refractivity contribution in [3.63, 3.8) is 0 Å². The van der Waals surface area contributed by atoms with Gasteiger partial charge in [-0.05, 0) is 89.9 Å². The van der Waals surface area contributed by atoms with E-state index < -0.39 is 74.2 Å². The van der Waals surface area contributed by atoms with Gasteiger partial charge in [-0.15, -0.1) is 0 Å². The summed E-state index contributed by atoms with van der Waals surface area (Å²) in [5.41, 5.74) is 0. The number of nitrogens with one attached hydrogen (secondary N) is 1. The molecule has 11 nitrogen and oxygen atoms in total. The molecule has 1 saturated heterocycles. The van der Waals surface area contributed by atoms with Crippen LogP contribution in [0.1, 0.15) is 284 Å². The largest absolute Gasteiger partial charge is 0.394 e. The zero-order valence-electron chi connectivity index (χ0n) is 48.3. The summed E-state index contributed by atoms with van der Waals surface area (Å²) in [7, 11) is 0. The number of amides is 1. The normalized spacial score (nSPS) is 20.0. The molecule has 11 heteroatoms. The van der Waals surface area contributed by atoms with Crippen molar-refractivity contribution in [3.8, 4) is 0 Å². The first-order valence-corrected chi connectivity index (χ1v) is 31.5. The zero-order valence-corrected chi connectivity index (χ0v) is 48.3. The molecule has 1 fully saturated rings. The van der Waals surface area contributed by atoms with E-state index in [4.69, 9.17) is 9.47 Å². The molecule has 1 amide bonds. The maximum absolute atomic E-state index is 13.2. The summed E-state index contributed by atoms with van der Waals surface area (Å²) in [5.74, 6) is -0.715. The standard InChI is InChI=1S/C64H119NO10/c1-3-5-7-9-11-13-15-17-19-21-23-25-26-27-28-29-30-31-32-34-35-37-39-41-43-45-47-49-51-56(67)59(69)55(54-74-64-62(72)61(71)60(70)58(53-66)75-64)65-63(73)57(68)52-50-48-46-44-42-40-38-36-33-24-22-20-18-16-14-12-10-8-6-4-2/h30-31,33,35-37,43,45,55-62,64,66-72H,3-29,32,34,38-42,44,46-54H2,1-2H3,(H,65,73)/b31-30+,36-33-,37-35+,45-43+. The first-order chi connectivity index (χ1) is 36.7. The second kappa shape index (κ2) is 52.8. The summed E-state index contributed by atoms with van der Waals surface area (Å²) in [5, 5.41) is 76.2. The number of carbonyl (C=O) groups is 1. The minimum Gasteiger partial charge on any atom is -0.394 e. The van der Waals surface area contributed by atoms with Crippen LogP contribution in [0.25, 0.3) is 0 Å². The van der Waals surface area contributed by atoms with Crippen LogP contribution in [-0.2, 0) is 14.3 Å². The molecule has 9 unspecified atom stereocenters. The van der Waals surface area contributed by atoms with Crippen LogP contribution >= 0.6 is 0 Å². The predicted octanol–water partition coefficient (Wildman–Crippen LogP) is 14.0. The number of hydrogen-bond donors (Lipinski definition) is 8. The van der Waals surface area contributed by atoms with E-state index in [1.54, 1.807) is 0 Å². The summed E-state index contributed by atoms with van der Waals surface area (Å²) in [4.78, 5) is 13.2. The molecular weight excluding hydrogens is 943 g/mol. The van der Waals surface area contributed by atoms with Crippen LogP contribution in [0.5, 0.6) is 0 Å². The van der Waals surface area contributed by atoms with Crippen LogP contribution in [0.3, 0.4) is 0 Å². The molecule has 9 atom stereocenters. The Kier molecular flexibility index (Phi) is 50.0. The summed E-state index contributed by atoms with van der Waals surface area (Å²) in [6.07, 6.45) is 56.1. The third-order valence-corrected chi connectivity index (χ3v) is 15.1. The fourth-order valence-electron chi connectivity index (χ4n) is 9.94. The lowest BCUT2D eigenvalue weighted by atomic mass is 9.98. The molecule has 0 aromatic heterocycles. The average Bonchev–Trinajstić information content (AvgIpc) is 3.41. The molecule has 0 radical (unpaired) electrons. The van der Waals surface area contributed by atoms with Crippen molar-refractivity contribution in [3.05, 3.63) is 48.6 Å². The van der Waals surface area contributed by atoms with Crippen molar-refractivity contribution in [1.82, 2.24) is 5.32 Å². The van der Waals surface area contributed by atoms with E-state index in [1.165, 1.54) is 173 Å². The van der Waals surface area contributed by atoms with Crippen LogP contribution in [0.15, 0.2) is 48.6 Å². The minimum absolute atomic E-state index is 0.239. The van der Waals surface area contributed by atoms with Crippen molar-refractivity contribution in [2.45, 2.75) is 339 Å². The quantitative estimate of drug-likeness (QED) is 0.0215. The highest BCUT2D eigenvalue weighted by atomic mass is 16.7. The fraction of sp³-hybridized carbons (Fsp3) is 0.859. The highest BCUT2D eigenvalue weighted by Gasteiger charge is 2.44. The number of rotatable bonds is 54. The maximum atomic E-state index is 13.2. The molecule has 0 aromatic carbocycles. The zero-order chi connectivity index (χ0) is 54.7. The van der Waals surface area contributed by atoms with Gasteiger partial charge < -0.3 is 50.5 Å². The third-order valence-electron chi connectivity index (χ3n) is 15.1. The summed E-state index contributed by atoms with van der Waals surface area (Å²) in [6, 6.07) is -1.20. The molecule has 440 valence electrons. The van der Waals surface area contributed by atoms with Gasteiger partial charge in [0.1, 0.15) is 36.6 Å². The van der Waals surface area contributed by atoms with Gasteiger partial charge in [0.25, 0.3) is 0 Å². The Morgan fingerprint density at radius 1 is 0.453 bits per heavy atom. The summed E-state index contributed by atoms with van der Waals surface area (Å²) >= 11 is 0. The molecule has 0 aromatic rings. The highest BCUT2D eigenvalue weighted by molar-refractivity contribution is 5.80. The van der Waals surface area contributed by atoms with Crippen molar-refractivity contribution in [1.29, 1.82) is 0 Å². The van der Waals surface area contributed by atoms with Crippen LogP contribution in [0, 0.1) is 0 Å². The Bertz CT molecular complexity index is 1360. The molecule has 0 saturated carbocycles. The molecule has 1 aliphatic heterocycles. The second-order valence-electron chi connectivity index (χ2n) is 22.1. The summed E-state index contributed by atoms with van der Waals surface area (Å²) in [6.45, 7) is 3.46. The van der Waals surface area contributed by atoms with Crippen LogP contribution in [0.2, 0.25) is 0 Å². The molecular formula is C64H119NO10. The average molecular weight is 1060 g/mol. The highest BCUT2D eigenvalue weighted by Crippen LogP contribution is 2.23. The van der Waals surface area contributed by atoms with Crippen LogP contribution in [-0.4, -0.2) is 110 Å². The third kappa shape index (κ3) is 40.9. The lowest BCUT2D eigenvalue weighted by Crippen LogP contribution is -2.60. The number of allylic oxidation sites excluding steroid dienone is 8. The lowest BCUT2D eigenvalue weighted by molar-refractivity contribution is -0.303. The molecule has 8 N–H and O–H groups in total. The number of carbonyl (C=O) groups excluding carboxylic acids is 1. The van der Waals surface area contributed by atoms with Gasteiger partial charge >= 0.3 is 0 Å². The van der Waals surface area contributed by atoms with E-state index in [9.17, 15) is 40.5 Å². The van der Waals surface area contributed by atoms with Gasteiger partial charge in [-0.25, -0.2) is 0 Å². The Balaban J connectivity index is 2.31. The molecule has 0 aliphatic carbocycles. The van der Waals surface area contributed by atoms with E-state index in [1.807, 2.05) is 0 Å². The Morgan fingerprint density at radius 2 is 0.800 bits per heavy atom. The van der Waals surface area contributed by atoms with Crippen molar-refractivity contribution in [2.75, 3.05) is 13.2 Å². The summed E-state index contributed by atoms with van der Waals surface area (Å²) < 4.78 is 11.1. The van der Waals surface area contributed by atoms with Crippen molar-refractivity contribution in [2.24, 2.45) is 0 Å². The first-order valence-electron chi connectivity index (χ1n) is 31.5. The Hall–Kier alpha value is -1.93. The van der Waals surface area contributed by atoms with E-state index in [2.05, 4.69) is 67.8 Å². The molecule has 75 heavy (non-hydrogen) atoms. The monoisotopic (exact) mass is 1060 g/mol. The van der Waals surface area contributed by atoms with Gasteiger partial charge in [0, 0.05) is 0 Å². The van der Waals surface area contributed by atoms with Gasteiger partial charge in [-0.2, -0.15) is 0 Å². The van der Waals surface area contributed by atoms with Gasteiger partial charge in [-0.1, -0.05) is 242 Å². The number of aliphatic hydroxyl groups excluding tert-OH is 7. The van der Waals surface area contributed by atoms with E-state index in [0.29, 0.717) is 19.3 Å². The van der Waals surface area contributed by atoms with Crippen molar-refractivity contribution < 1.29 is 50.0 Å². The van der Waals surface area contributed by atoms with Crippen LogP contribution in [0.4, 0.5) is 0 Å². The minimum atomic E-state index is -1.68. The topological polar surface area (TPSA) is 189 Å². The lowest BCUT2D eigenvalue weighted by Gasteiger charge is -2.40. The number of ether oxygens (including phenoxy) is 2. The van der Waals surface area contributed by atoms with Gasteiger partial charge in [0.2, 0.25) is 5.91 Å². The maximum Gasteiger partial charge on any atom is 0.249 e. The van der Waals surface area contributed by atoms with Crippen LogP contribution < -0.4 is 5.32 Å². The number of hydrogen-bond acceptors (Lipinski definition) is 10. The molecule has 1 heterocycles. The second-order valence-corrected chi connectivity index (χ2v) is 22.1. The predicted molar refractivity (Wildman–Crippen MR) is 311 cm³/mol. The molecule has 1 rings (SSSR count). The number of unbranched alkanes of at least 4 members (excludes halogenated alkanes) is 34. The number of aliphatic hydroxyl groups is 7. The Morgan fingerprint density at radius 3 is 1.19 bits per heavy atom. The van der Waals surface area contributed by atoms with Gasteiger partial charge in [0.15, 0.2) is 6.29 Å². The van der Waals surface area contributed by atoms with E-state index in [0.717, 1.165) is 64.2 Å². The first kappa shape index (κ1) is 71.1.